The number of hydrogen-bond donors (Lipinski definition) is 3. The third kappa shape index (κ3) is 2.40. The van der Waals surface area contributed by atoms with Gasteiger partial charge in [-0.3, -0.25) is 4.68 Å². The van der Waals surface area contributed by atoms with Crippen molar-refractivity contribution in [1.29, 1.82) is 0 Å². The molecule has 3 rings (SSSR count). The fourth-order valence-electron chi connectivity index (χ4n) is 1.95. The highest BCUT2D eigenvalue weighted by atomic mass is 15.3. The Balaban J connectivity index is 1.74. The van der Waals surface area contributed by atoms with E-state index >= 15 is 0 Å². The van der Waals surface area contributed by atoms with Crippen molar-refractivity contribution in [2.45, 2.75) is 13.5 Å². The van der Waals surface area contributed by atoms with E-state index in [4.69, 9.17) is 0 Å². The van der Waals surface area contributed by atoms with Crippen LogP contribution >= 0.6 is 0 Å². The largest absolute Gasteiger partial charge is 0.366 e. The van der Waals surface area contributed by atoms with Gasteiger partial charge in [-0.2, -0.15) is 15.1 Å². The number of fused-ring (bicyclic) bond motifs is 1. The molecule has 0 aromatic carbocycles. The molecule has 0 atom stereocenters. The lowest BCUT2D eigenvalue weighted by Gasteiger charge is -2.08. The van der Waals surface area contributed by atoms with Crippen LogP contribution < -0.4 is 10.6 Å². The van der Waals surface area contributed by atoms with E-state index in [1.54, 1.807) is 13.4 Å². The summed E-state index contributed by atoms with van der Waals surface area (Å²) in [6.07, 6.45) is 5.46. The molecule has 0 aliphatic rings. The lowest BCUT2D eigenvalue weighted by Crippen LogP contribution is -2.13. The first-order valence-corrected chi connectivity index (χ1v) is 6.38. The van der Waals surface area contributed by atoms with E-state index in [9.17, 15) is 0 Å². The van der Waals surface area contributed by atoms with Crippen molar-refractivity contribution in [3.8, 4) is 0 Å². The van der Waals surface area contributed by atoms with Crippen molar-refractivity contribution in [3.05, 3.63) is 24.3 Å². The van der Waals surface area contributed by atoms with Crippen LogP contribution in [0.1, 0.15) is 5.56 Å². The number of hydrogen-bond acceptors (Lipinski definition) is 6. The number of aryl methyl sites for hydroxylation is 1. The Labute approximate surface area is 115 Å². The quantitative estimate of drug-likeness (QED) is 0.641. The molecule has 0 saturated carbocycles. The monoisotopic (exact) mass is 272 g/mol. The van der Waals surface area contributed by atoms with Gasteiger partial charge in [0.25, 0.3) is 0 Å². The van der Waals surface area contributed by atoms with Crippen molar-refractivity contribution in [2.75, 3.05) is 24.2 Å². The van der Waals surface area contributed by atoms with E-state index in [0.717, 1.165) is 30.0 Å². The number of anilines is 2. The van der Waals surface area contributed by atoms with E-state index < -0.39 is 0 Å². The van der Waals surface area contributed by atoms with Gasteiger partial charge in [-0.1, -0.05) is 0 Å². The van der Waals surface area contributed by atoms with Gasteiger partial charge >= 0.3 is 0 Å². The Morgan fingerprint density at radius 3 is 3.00 bits per heavy atom. The lowest BCUT2D eigenvalue weighted by atomic mass is 10.4. The minimum atomic E-state index is 0.544. The summed E-state index contributed by atoms with van der Waals surface area (Å²) in [5, 5.41) is 10.5. The van der Waals surface area contributed by atoms with Gasteiger partial charge in [0.05, 0.1) is 19.1 Å². The predicted octanol–water partition coefficient (Wildman–Crippen LogP) is 1.01. The molecule has 0 fully saturated rings. The second-order valence-electron chi connectivity index (χ2n) is 4.45. The number of aromatic amines is 1. The second-order valence-corrected chi connectivity index (χ2v) is 4.45. The Bertz CT molecular complexity index is 713. The maximum absolute atomic E-state index is 4.39. The molecule has 104 valence electrons. The van der Waals surface area contributed by atoms with Crippen LogP contribution in [-0.2, 0) is 6.54 Å². The standard InChI is InChI=1S/C12H16N8/c1-8-5-17-20(6-8)4-3-14-10-9-11(16-7-15-9)19-12(13-2)18-10/h5-7H,3-4H2,1-2H3,(H3,13,14,15,16,18,19). The zero-order valence-electron chi connectivity index (χ0n) is 11.4. The molecule has 20 heavy (non-hydrogen) atoms. The van der Waals surface area contributed by atoms with Crippen molar-refractivity contribution < 1.29 is 0 Å². The van der Waals surface area contributed by atoms with Gasteiger partial charge in [0, 0.05) is 19.8 Å². The van der Waals surface area contributed by atoms with Crippen molar-refractivity contribution >= 4 is 22.9 Å². The van der Waals surface area contributed by atoms with Gasteiger partial charge in [0.2, 0.25) is 5.95 Å². The van der Waals surface area contributed by atoms with Gasteiger partial charge in [0.15, 0.2) is 11.5 Å². The molecular weight excluding hydrogens is 256 g/mol. The Kier molecular flexibility index (Phi) is 3.20. The molecule has 3 aromatic rings. The summed E-state index contributed by atoms with van der Waals surface area (Å²) >= 11 is 0. The van der Waals surface area contributed by atoms with Crippen LogP contribution in [0.25, 0.3) is 11.2 Å². The predicted molar refractivity (Wildman–Crippen MR) is 76.7 cm³/mol. The highest BCUT2D eigenvalue weighted by Crippen LogP contribution is 2.17. The lowest BCUT2D eigenvalue weighted by molar-refractivity contribution is 0.637. The number of aromatic nitrogens is 6. The third-order valence-electron chi connectivity index (χ3n) is 2.90. The molecule has 0 spiro atoms. The van der Waals surface area contributed by atoms with Crippen LogP contribution in [0.3, 0.4) is 0 Å². The molecule has 0 bridgehead atoms. The molecule has 0 unspecified atom stereocenters. The summed E-state index contributed by atoms with van der Waals surface area (Å²) in [6.45, 7) is 3.51. The molecule has 0 saturated heterocycles. The number of H-pyrrole nitrogens is 1. The van der Waals surface area contributed by atoms with E-state index in [2.05, 4.69) is 35.7 Å². The van der Waals surface area contributed by atoms with Crippen LogP contribution in [0.15, 0.2) is 18.7 Å². The van der Waals surface area contributed by atoms with Gasteiger partial charge in [-0.25, -0.2) is 4.98 Å². The van der Waals surface area contributed by atoms with Gasteiger partial charge in [-0.05, 0) is 12.5 Å². The molecule has 0 aliphatic heterocycles. The maximum atomic E-state index is 4.39. The molecule has 3 heterocycles. The summed E-state index contributed by atoms with van der Waals surface area (Å²) in [4.78, 5) is 15.9. The van der Waals surface area contributed by atoms with Crippen LogP contribution in [0.5, 0.6) is 0 Å². The number of rotatable bonds is 5. The fraction of sp³-hybridized carbons (Fsp3) is 0.333. The second kappa shape index (κ2) is 5.16. The molecule has 3 aromatic heterocycles. The summed E-state index contributed by atoms with van der Waals surface area (Å²) in [7, 11) is 1.78. The fourth-order valence-corrected chi connectivity index (χ4v) is 1.95. The minimum absolute atomic E-state index is 0.544. The Morgan fingerprint density at radius 2 is 2.25 bits per heavy atom. The van der Waals surface area contributed by atoms with E-state index in [1.165, 1.54) is 0 Å². The van der Waals surface area contributed by atoms with Crippen LogP contribution in [0.2, 0.25) is 0 Å². The average molecular weight is 272 g/mol. The smallest absolute Gasteiger partial charge is 0.226 e. The normalized spacial score (nSPS) is 10.9. The molecule has 0 amide bonds. The Morgan fingerprint density at radius 1 is 1.35 bits per heavy atom. The van der Waals surface area contributed by atoms with E-state index in [1.807, 2.05) is 24.0 Å². The Hall–Kier alpha value is -2.64. The molecule has 0 aliphatic carbocycles. The maximum Gasteiger partial charge on any atom is 0.226 e. The van der Waals surface area contributed by atoms with Crippen molar-refractivity contribution in [2.24, 2.45) is 0 Å². The van der Waals surface area contributed by atoms with Crippen molar-refractivity contribution in [1.82, 2.24) is 29.7 Å². The highest BCUT2D eigenvalue weighted by Gasteiger charge is 2.08. The van der Waals surface area contributed by atoms with Crippen LogP contribution in [0, 0.1) is 6.92 Å². The van der Waals surface area contributed by atoms with Gasteiger partial charge < -0.3 is 15.6 Å². The summed E-state index contributed by atoms with van der Waals surface area (Å²) < 4.78 is 1.90. The summed E-state index contributed by atoms with van der Waals surface area (Å²) in [6, 6.07) is 0. The van der Waals surface area contributed by atoms with E-state index in [-0.39, 0.29) is 0 Å². The zero-order chi connectivity index (χ0) is 13.9. The first-order valence-electron chi connectivity index (χ1n) is 6.38. The van der Waals surface area contributed by atoms with Gasteiger partial charge in [-0.15, -0.1) is 0 Å². The average Bonchev–Trinajstić information content (AvgIpc) is 3.07. The summed E-state index contributed by atoms with van der Waals surface area (Å²) in [5.74, 6) is 1.28. The van der Waals surface area contributed by atoms with Crippen molar-refractivity contribution in [3.63, 3.8) is 0 Å². The molecule has 3 N–H and O–H groups in total. The molecule has 8 nitrogen and oxygen atoms in total. The first-order chi connectivity index (χ1) is 9.76. The SMILES string of the molecule is CNc1nc(NCCn2cc(C)cn2)c2[nH]cnc2n1. The molecule has 0 radical (unpaired) electrons. The highest BCUT2D eigenvalue weighted by molar-refractivity contribution is 5.83. The zero-order valence-corrected chi connectivity index (χ0v) is 11.4. The van der Waals surface area contributed by atoms with Gasteiger partial charge in [0.1, 0.15) is 5.52 Å². The number of imidazole rings is 1. The third-order valence-corrected chi connectivity index (χ3v) is 2.90. The summed E-state index contributed by atoms with van der Waals surface area (Å²) in [5.41, 5.74) is 2.60. The minimum Gasteiger partial charge on any atom is -0.366 e. The topological polar surface area (TPSA) is 96.3 Å². The number of nitrogens with one attached hydrogen (secondary N) is 3. The first kappa shape index (κ1) is 12.4. The molecule has 8 heteroatoms. The van der Waals surface area contributed by atoms with Crippen LogP contribution in [0.4, 0.5) is 11.8 Å². The number of nitrogens with zero attached hydrogens (tertiary/aromatic N) is 5. The molecular formula is C12H16N8. The van der Waals surface area contributed by atoms with E-state index in [0.29, 0.717) is 11.6 Å². The van der Waals surface area contributed by atoms with Crippen LogP contribution in [-0.4, -0.2) is 43.3 Å².